The van der Waals surface area contributed by atoms with Crippen molar-refractivity contribution >= 4 is 17.7 Å². The molecule has 2 aromatic rings. The molecule has 1 heterocycles. The SMILES string of the molecule is O=C(/C=C/CCC[C@H](OC(=O)Nc1ccc2c(c1)OCO2)c1ccc(OCCO)cc1)NO. The van der Waals surface area contributed by atoms with Crippen molar-refractivity contribution in [2.45, 2.75) is 25.4 Å². The van der Waals surface area contributed by atoms with Crippen LogP contribution in [0.15, 0.2) is 54.6 Å². The molecule has 0 radical (unpaired) electrons. The molecule has 10 heteroatoms. The average molecular weight is 458 g/mol. The van der Waals surface area contributed by atoms with E-state index in [9.17, 15) is 9.59 Å². The van der Waals surface area contributed by atoms with Crippen LogP contribution in [0.1, 0.15) is 30.9 Å². The van der Waals surface area contributed by atoms with Gasteiger partial charge in [0, 0.05) is 17.8 Å². The molecule has 0 spiro atoms. The van der Waals surface area contributed by atoms with E-state index in [1.165, 1.54) is 11.6 Å². The lowest BCUT2D eigenvalue weighted by molar-refractivity contribution is -0.124. The van der Waals surface area contributed by atoms with Gasteiger partial charge in [-0.1, -0.05) is 18.2 Å². The first-order valence-electron chi connectivity index (χ1n) is 10.4. The Morgan fingerprint density at radius 2 is 1.91 bits per heavy atom. The number of allylic oxidation sites excluding steroid dienone is 1. The van der Waals surface area contributed by atoms with Gasteiger partial charge in [0.15, 0.2) is 11.5 Å². The van der Waals surface area contributed by atoms with Gasteiger partial charge in [0.1, 0.15) is 18.5 Å². The minimum atomic E-state index is -0.630. The van der Waals surface area contributed by atoms with Crippen molar-refractivity contribution < 1.29 is 38.9 Å². The first-order chi connectivity index (χ1) is 16.1. The Labute approximate surface area is 190 Å². The molecule has 1 atom stereocenters. The zero-order valence-electron chi connectivity index (χ0n) is 17.9. The molecule has 10 nitrogen and oxygen atoms in total. The first kappa shape index (κ1) is 23.9. The summed E-state index contributed by atoms with van der Waals surface area (Å²) in [6.07, 6.45) is 3.35. The maximum absolute atomic E-state index is 12.6. The van der Waals surface area contributed by atoms with Crippen molar-refractivity contribution in [3.8, 4) is 17.2 Å². The Hall–Kier alpha value is -3.76. The quantitative estimate of drug-likeness (QED) is 0.174. The predicted octanol–water partition coefficient (Wildman–Crippen LogP) is 3.31. The number of benzene rings is 2. The van der Waals surface area contributed by atoms with Gasteiger partial charge in [0.25, 0.3) is 5.91 Å². The van der Waals surface area contributed by atoms with E-state index in [-0.39, 0.29) is 20.0 Å². The Balaban J connectivity index is 1.63. The second kappa shape index (κ2) is 12.3. The molecule has 4 N–H and O–H groups in total. The van der Waals surface area contributed by atoms with Crippen LogP contribution in [0.5, 0.6) is 17.2 Å². The summed E-state index contributed by atoms with van der Waals surface area (Å²) in [4.78, 5) is 23.6. The van der Waals surface area contributed by atoms with E-state index in [1.807, 2.05) is 0 Å². The molecule has 0 aromatic heterocycles. The van der Waals surface area contributed by atoms with Gasteiger partial charge >= 0.3 is 6.09 Å². The van der Waals surface area contributed by atoms with E-state index < -0.39 is 18.1 Å². The predicted molar refractivity (Wildman–Crippen MR) is 117 cm³/mol. The topological polar surface area (TPSA) is 136 Å². The molecule has 1 aliphatic heterocycles. The number of aliphatic hydroxyl groups is 1. The standard InChI is InChI=1S/C23H26N2O8/c26-12-13-30-18-9-6-16(7-10-18)19(4-2-1-3-5-22(27)25-29)33-23(28)24-17-8-11-20-21(14-17)32-15-31-20/h3,5-11,14,19,26,29H,1-2,4,12-13,15H2,(H,24,28)(H,25,27)/b5-3+/t19-/m0/s1. The fraction of sp³-hybridized carbons (Fsp3) is 0.304. The van der Waals surface area contributed by atoms with Gasteiger partial charge < -0.3 is 24.1 Å². The number of hydroxylamine groups is 1. The molecule has 0 aliphatic carbocycles. The Kier molecular flexibility index (Phi) is 8.92. The van der Waals surface area contributed by atoms with Crippen LogP contribution in [0.25, 0.3) is 0 Å². The lowest BCUT2D eigenvalue weighted by Gasteiger charge is -2.19. The summed E-state index contributed by atoms with van der Waals surface area (Å²) in [5.74, 6) is 1.14. The summed E-state index contributed by atoms with van der Waals surface area (Å²) in [5.41, 5.74) is 2.80. The highest BCUT2D eigenvalue weighted by atomic mass is 16.7. The van der Waals surface area contributed by atoms with Gasteiger partial charge in [-0.15, -0.1) is 0 Å². The van der Waals surface area contributed by atoms with Gasteiger partial charge in [-0.3, -0.25) is 15.3 Å². The molecule has 0 saturated heterocycles. The summed E-state index contributed by atoms with van der Waals surface area (Å²) in [5, 5.41) is 20.1. The fourth-order valence-electron chi connectivity index (χ4n) is 3.14. The van der Waals surface area contributed by atoms with Crippen molar-refractivity contribution in [2.75, 3.05) is 25.3 Å². The maximum atomic E-state index is 12.6. The Morgan fingerprint density at radius 3 is 2.67 bits per heavy atom. The highest BCUT2D eigenvalue weighted by Gasteiger charge is 2.19. The van der Waals surface area contributed by atoms with E-state index >= 15 is 0 Å². The third-order valence-corrected chi connectivity index (χ3v) is 4.70. The van der Waals surface area contributed by atoms with E-state index in [0.29, 0.717) is 42.2 Å². The number of carbonyl (C=O) groups excluding carboxylic acids is 2. The number of carbonyl (C=O) groups is 2. The number of aliphatic hydroxyl groups excluding tert-OH is 1. The lowest BCUT2D eigenvalue weighted by atomic mass is 10.0. The van der Waals surface area contributed by atoms with Crippen LogP contribution in [0.2, 0.25) is 0 Å². The zero-order chi connectivity index (χ0) is 23.5. The van der Waals surface area contributed by atoms with Gasteiger partial charge in [0.05, 0.1) is 6.61 Å². The number of nitrogens with one attached hydrogen (secondary N) is 2. The van der Waals surface area contributed by atoms with Crippen LogP contribution in [-0.2, 0) is 9.53 Å². The average Bonchev–Trinajstić information content (AvgIpc) is 3.30. The number of unbranched alkanes of at least 4 members (excludes halogenated alkanes) is 1. The molecule has 0 saturated carbocycles. The van der Waals surface area contributed by atoms with Gasteiger partial charge in [-0.2, -0.15) is 0 Å². The Morgan fingerprint density at radius 1 is 1.12 bits per heavy atom. The van der Waals surface area contributed by atoms with Crippen molar-refractivity contribution in [3.05, 3.63) is 60.2 Å². The van der Waals surface area contributed by atoms with Crippen LogP contribution in [0.3, 0.4) is 0 Å². The van der Waals surface area contributed by atoms with Gasteiger partial charge in [-0.05, 0) is 49.1 Å². The van der Waals surface area contributed by atoms with Gasteiger partial charge in [-0.25, -0.2) is 10.3 Å². The highest BCUT2D eigenvalue weighted by Crippen LogP contribution is 2.34. The van der Waals surface area contributed by atoms with Crippen LogP contribution in [-0.4, -0.2) is 42.3 Å². The number of rotatable bonds is 11. The van der Waals surface area contributed by atoms with E-state index in [4.69, 9.17) is 29.3 Å². The zero-order valence-corrected chi connectivity index (χ0v) is 17.9. The number of ether oxygens (including phenoxy) is 4. The Bertz CT molecular complexity index is 961. The van der Waals surface area contributed by atoms with Crippen molar-refractivity contribution in [2.24, 2.45) is 0 Å². The molecule has 2 aromatic carbocycles. The van der Waals surface area contributed by atoms with Crippen molar-refractivity contribution in [1.82, 2.24) is 5.48 Å². The van der Waals surface area contributed by atoms with Crippen molar-refractivity contribution in [3.63, 3.8) is 0 Å². The van der Waals surface area contributed by atoms with E-state index in [1.54, 1.807) is 48.5 Å². The molecule has 2 amide bonds. The van der Waals surface area contributed by atoms with Crippen LogP contribution in [0, 0.1) is 0 Å². The highest BCUT2D eigenvalue weighted by molar-refractivity contribution is 5.86. The van der Waals surface area contributed by atoms with Crippen LogP contribution < -0.4 is 25.0 Å². The van der Waals surface area contributed by atoms with Crippen LogP contribution in [0.4, 0.5) is 10.5 Å². The number of hydrogen-bond acceptors (Lipinski definition) is 8. The monoisotopic (exact) mass is 458 g/mol. The summed E-state index contributed by atoms with van der Waals surface area (Å²) < 4.78 is 21.6. The third-order valence-electron chi connectivity index (χ3n) is 4.70. The number of amides is 2. The normalized spacial score (nSPS) is 12.9. The number of hydrogen-bond donors (Lipinski definition) is 4. The molecular weight excluding hydrogens is 432 g/mol. The number of fused-ring (bicyclic) bond motifs is 1. The van der Waals surface area contributed by atoms with E-state index in [2.05, 4.69) is 5.32 Å². The molecule has 1 aliphatic rings. The smallest absolute Gasteiger partial charge is 0.412 e. The molecule has 0 bridgehead atoms. The second-order valence-electron chi connectivity index (χ2n) is 7.04. The first-order valence-corrected chi connectivity index (χ1v) is 10.4. The van der Waals surface area contributed by atoms with Gasteiger partial charge in [0.2, 0.25) is 6.79 Å². The molecule has 176 valence electrons. The third kappa shape index (κ3) is 7.41. The van der Waals surface area contributed by atoms with Crippen molar-refractivity contribution in [1.29, 1.82) is 0 Å². The molecule has 0 unspecified atom stereocenters. The van der Waals surface area contributed by atoms with E-state index in [0.717, 1.165) is 5.56 Å². The minimum Gasteiger partial charge on any atom is -0.491 e. The summed E-state index contributed by atoms with van der Waals surface area (Å²) >= 11 is 0. The van der Waals surface area contributed by atoms with Crippen LogP contribution >= 0.6 is 0 Å². The fourth-order valence-corrected chi connectivity index (χ4v) is 3.14. The maximum Gasteiger partial charge on any atom is 0.412 e. The largest absolute Gasteiger partial charge is 0.491 e. The minimum absolute atomic E-state index is 0.0880. The second-order valence-corrected chi connectivity index (χ2v) is 7.04. The summed E-state index contributed by atoms with van der Waals surface area (Å²) in [7, 11) is 0. The summed E-state index contributed by atoms with van der Waals surface area (Å²) in [6.45, 7) is 0.234. The summed E-state index contributed by atoms with van der Waals surface area (Å²) in [6, 6.07) is 12.1. The molecular formula is C23H26N2O8. The molecule has 0 fully saturated rings. The molecule has 33 heavy (non-hydrogen) atoms. The molecule has 3 rings (SSSR count). The number of anilines is 1. The lowest BCUT2D eigenvalue weighted by Crippen LogP contribution is -2.17.